The van der Waals surface area contributed by atoms with Gasteiger partial charge >= 0.3 is 0 Å². The van der Waals surface area contributed by atoms with E-state index in [0.29, 0.717) is 18.8 Å². The molecule has 1 saturated heterocycles. The number of rotatable bonds is 3. The molecule has 0 aliphatic carbocycles. The lowest BCUT2D eigenvalue weighted by Crippen LogP contribution is -2.45. The van der Waals surface area contributed by atoms with E-state index in [9.17, 15) is 8.42 Å². The van der Waals surface area contributed by atoms with Crippen LogP contribution in [0.15, 0.2) is 4.90 Å². The van der Waals surface area contributed by atoms with Gasteiger partial charge in [-0.05, 0) is 32.6 Å². The van der Waals surface area contributed by atoms with Crippen molar-refractivity contribution in [1.29, 1.82) is 0 Å². The van der Waals surface area contributed by atoms with Gasteiger partial charge in [-0.1, -0.05) is 11.6 Å². The Kier molecular flexibility index (Phi) is 4.44. The molecule has 0 amide bonds. The van der Waals surface area contributed by atoms with E-state index in [1.165, 1.54) is 8.99 Å². The Morgan fingerprint density at radius 1 is 1.50 bits per heavy atom. The molecule has 0 unspecified atom stereocenters. The minimum atomic E-state index is -3.61. The van der Waals surface area contributed by atoms with Crippen molar-refractivity contribution in [3.05, 3.63) is 10.8 Å². The monoisotopic (exact) mass is 320 g/mol. The molecule has 8 heteroatoms. The first-order valence-electron chi connectivity index (χ1n) is 6.70. The molecular weight excluding hydrogens is 300 g/mol. The highest BCUT2D eigenvalue weighted by atomic mass is 35.5. The molecule has 2 N–H and O–H groups in total. The number of aryl methyl sites for hydroxylation is 2. The molecular formula is C12H21ClN4O2S. The van der Waals surface area contributed by atoms with Gasteiger partial charge in [0.1, 0.15) is 10.0 Å². The second-order valence-corrected chi connectivity index (χ2v) is 7.69. The molecule has 20 heavy (non-hydrogen) atoms. The Balaban J connectivity index is 2.35. The number of piperidine rings is 1. The zero-order valence-corrected chi connectivity index (χ0v) is 13.6. The molecule has 1 aliphatic heterocycles. The Hall–Kier alpha value is -0.630. The maximum atomic E-state index is 12.8. The van der Waals surface area contributed by atoms with Crippen LogP contribution in [0.4, 0.5) is 0 Å². The summed E-state index contributed by atoms with van der Waals surface area (Å²) >= 11 is 6.09. The topological polar surface area (TPSA) is 81.2 Å². The van der Waals surface area contributed by atoms with E-state index in [2.05, 4.69) is 5.10 Å². The standard InChI is InChI=1S/C12H21ClN4O2S/c1-8(14)10-5-4-6-17(7-10)20(18,19)11-9(2)15-16(3)12(11)13/h8,10H,4-7,14H2,1-3H3/t8-,10+/m1/s1. The van der Waals surface area contributed by atoms with Crippen molar-refractivity contribution >= 4 is 21.6 Å². The summed E-state index contributed by atoms with van der Waals surface area (Å²) in [4.78, 5) is 0.118. The molecule has 2 atom stereocenters. The number of sulfonamides is 1. The van der Waals surface area contributed by atoms with Crippen LogP contribution in [0, 0.1) is 12.8 Å². The highest BCUT2D eigenvalue weighted by Crippen LogP contribution is 2.30. The van der Waals surface area contributed by atoms with Gasteiger partial charge < -0.3 is 5.73 Å². The lowest BCUT2D eigenvalue weighted by molar-refractivity contribution is 0.243. The van der Waals surface area contributed by atoms with Crippen LogP contribution in [-0.4, -0.2) is 41.6 Å². The summed E-state index contributed by atoms with van der Waals surface area (Å²) in [5.41, 5.74) is 6.34. The van der Waals surface area contributed by atoms with E-state index in [0.717, 1.165) is 12.8 Å². The fraction of sp³-hybridized carbons (Fsp3) is 0.750. The van der Waals surface area contributed by atoms with Crippen LogP contribution in [0.3, 0.4) is 0 Å². The van der Waals surface area contributed by atoms with Gasteiger partial charge in [0.05, 0.1) is 5.69 Å². The summed E-state index contributed by atoms with van der Waals surface area (Å²) in [6.07, 6.45) is 1.78. The molecule has 0 radical (unpaired) electrons. The van der Waals surface area contributed by atoms with Gasteiger partial charge in [0.2, 0.25) is 10.0 Å². The quantitative estimate of drug-likeness (QED) is 0.905. The smallest absolute Gasteiger partial charge is 0.248 e. The summed E-state index contributed by atoms with van der Waals surface area (Å²) in [5, 5.41) is 4.24. The first kappa shape index (κ1) is 15.8. The Morgan fingerprint density at radius 3 is 2.65 bits per heavy atom. The Morgan fingerprint density at radius 2 is 2.15 bits per heavy atom. The highest BCUT2D eigenvalue weighted by Gasteiger charge is 2.35. The van der Waals surface area contributed by atoms with Crippen LogP contribution in [0.25, 0.3) is 0 Å². The normalized spacial score (nSPS) is 22.9. The fourth-order valence-electron chi connectivity index (χ4n) is 2.65. The summed E-state index contributed by atoms with van der Waals surface area (Å²) < 4.78 is 28.4. The summed E-state index contributed by atoms with van der Waals surface area (Å²) in [6.45, 7) is 4.54. The highest BCUT2D eigenvalue weighted by molar-refractivity contribution is 7.89. The van der Waals surface area contributed by atoms with Crippen LogP contribution < -0.4 is 5.73 Å². The van der Waals surface area contributed by atoms with Crippen molar-refractivity contribution in [2.45, 2.75) is 37.6 Å². The maximum Gasteiger partial charge on any atom is 0.248 e. The van der Waals surface area contributed by atoms with Gasteiger partial charge in [-0.2, -0.15) is 9.40 Å². The predicted molar refractivity (Wildman–Crippen MR) is 78.1 cm³/mol. The zero-order chi connectivity index (χ0) is 15.1. The van der Waals surface area contributed by atoms with Crippen molar-refractivity contribution in [3.63, 3.8) is 0 Å². The summed E-state index contributed by atoms with van der Waals surface area (Å²) in [6, 6.07) is -0.0153. The number of hydrogen-bond donors (Lipinski definition) is 1. The number of hydrogen-bond acceptors (Lipinski definition) is 4. The predicted octanol–water partition coefficient (Wildman–Crippen LogP) is 1.13. The summed E-state index contributed by atoms with van der Waals surface area (Å²) in [5.74, 6) is 0.189. The third-order valence-electron chi connectivity index (χ3n) is 3.86. The molecule has 114 valence electrons. The summed E-state index contributed by atoms with van der Waals surface area (Å²) in [7, 11) is -1.97. The number of aromatic nitrogens is 2. The van der Waals surface area contributed by atoms with E-state index >= 15 is 0 Å². The zero-order valence-electron chi connectivity index (χ0n) is 12.0. The Labute approximate surface area is 124 Å². The van der Waals surface area contributed by atoms with Gasteiger partial charge in [-0.3, -0.25) is 4.68 Å². The molecule has 1 aromatic heterocycles. The maximum absolute atomic E-state index is 12.8. The average molecular weight is 321 g/mol. The average Bonchev–Trinajstić information content (AvgIpc) is 2.63. The minimum Gasteiger partial charge on any atom is -0.328 e. The minimum absolute atomic E-state index is 0.0153. The van der Waals surface area contributed by atoms with Crippen molar-refractivity contribution in [2.24, 2.45) is 18.7 Å². The molecule has 1 fully saturated rings. The lowest BCUT2D eigenvalue weighted by atomic mass is 9.93. The number of nitrogens with zero attached hydrogens (tertiary/aromatic N) is 3. The second kappa shape index (κ2) is 5.63. The molecule has 0 saturated carbocycles. The van der Waals surface area contributed by atoms with E-state index < -0.39 is 10.0 Å². The molecule has 6 nitrogen and oxygen atoms in total. The van der Waals surface area contributed by atoms with Crippen LogP contribution in [0.5, 0.6) is 0 Å². The molecule has 2 rings (SSSR count). The molecule has 2 heterocycles. The molecule has 0 spiro atoms. The van der Waals surface area contributed by atoms with Crippen LogP contribution in [0.2, 0.25) is 5.15 Å². The first-order valence-corrected chi connectivity index (χ1v) is 8.51. The number of nitrogens with two attached hydrogens (primary N) is 1. The molecule has 0 bridgehead atoms. The molecule has 1 aliphatic rings. The van der Waals surface area contributed by atoms with E-state index in [4.69, 9.17) is 17.3 Å². The second-order valence-electron chi connectivity index (χ2n) is 5.45. The largest absolute Gasteiger partial charge is 0.328 e. The van der Waals surface area contributed by atoms with Crippen molar-refractivity contribution in [1.82, 2.24) is 14.1 Å². The number of halogens is 1. The first-order chi connectivity index (χ1) is 9.25. The van der Waals surface area contributed by atoms with E-state index in [1.807, 2.05) is 6.92 Å². The van der Waals surface area contributed by atoms with Crippen LogP contribution in [-0.2, 0) is 17.1 Å². The lowest BCUT2D eigenvalue weighted by Gasteiger charge is -2.33. The van der Waals surface area contributed by atoms with Crippen molar-refractivity contribution in [2.75, 3.05) is 13.1 Å². The third kappa shape index (κ3) is 2.72. The van der Waals surface area contributed by atoms with E-state index in [-0.39, 0.29) is 22.0 Å². The molecule has 1 aromatic rings. The third-order valence-corrected chi connectivity index (χ3v) is 6.42. The van der Waals surface area contributed by atoms with Crippen LogP contribution >= 0.6 is 11.6 Å². The van der Waals surface area contributed by atoms with Crippen molar-refractivity contribution in [3.8, 4) is 0 Å². The fourth-order valence-corrected chi connectivity index (χ4v) is 4.90. The van der Waals surface area contributed by atoms with Gasteiger partial charge in [0.25, 0.3) is 0 Å². The van der Waals surface area contributed by atoms with Gasteiger partial charge in [0, 0.05) is 26.2 Å². The van der Waals surface area contributed by atoms with Gasteiger partial charge in [-0.25, -0.2) is 8.42 Å². The Bertz CT molecular complexity index is 597. The van der Waals surface area contributed by atoms with Crippen molar-refractivity contribution < 1.29 is 8.42 Å². The van der Waals surface area contributed by atoms with E-state index in [1.54, 1.807) is 14.0 Å². The SMILES string of the molecule is Cc1nn(C)c(Cl)c1S(=O)(=O)N1CCC[C@H]([C@@H](C)N)C1. The molecule has 0 aromatic carbocycles. The van der Waals surface area contributed by atoms with Gasteiger partial charge in [-0.15, -0.1) is 0 Å². The van der Waals surface area contributed by atoms with Gasteiger partial charge in [0.15, 0.2) is 0 Å². The van der Waals surface area contributed by atoms with Crippen LogP contribution in [0.1, 0.15) is 25.5 Å².